The first-order chi connectivity index (χ1) is 9.78. The molecule has 0 spiro atoms. The summed E-state index contributed by atoms with van der Waals surface area (Å²) in [6.07, 6.45) is 1.28. The van der Waals surface area contributed by atoms with Crippen LogP contribution in [0.4, 0.5) is 0 Å². The molecule has 3 unspecified atom stereocenters. The molecule has 2 aromatic rings. The van der Waals surface area contributed by atoms with Gasteiger partial charge in [-0.2, -0.15) is 0 Å². The van der Waals surface area contributed by atoms with Crippen LogP contribution in [0.3, 0.4) is 0 Å². The summed E-state index contributed by atoms with van der Waals surface area (Å²) in [5, 5.41) is 3.77. The van der Waals surface area contributed by atoms with Crippen LogP contribution in [0, 0.1) is 5.92 Å². The first kappa shape index (κ1) is 13.2. The lowest BCUT2D eigenvalue weighted by molar-refractivity contribution is 0.414. The molecule has 20 heavy (non-hydrogen) atoms. The first-order valence-electron chi connectivity index (χ1n) is 7.23. The van der Waals surface area contributed by atoms with Gasteiger partial charge < -0.3 is 10.1 Å². The van der Waals surface area contributed by atoms with Gasteiger partial charge in [0, 0.05) is 6.04 Å². The molecule has 104 valence electrons. The molecule has 0 heterocycles. The van der Waals surface area contributed by atoms with Gasteiger partial charge in [-0.1, -0.05) is 49.4 Å². The zero-order valence-electron chi connectivity index (χ0n) is 12.0. The molecule has 2 heteroatoms. The first-order valence-corrected chi connectivity index (χ1v) is 7.23. The smallest absolute Gasteiger partial charge is 0.118 e. The average molecular weight is 267 g/mol. The molecule has 0 radical (unpaired) electrons. The maximum Gasteiger partial charge on any atom is 0.118 e. The van der Waals surface area contributed by atoms with Crippen LogP contribution in [0.1, 0.15) is 30.5 Å². The van der Waals surface area contributed by atoms with Gasteiger partial charge in [0.05, 0.1) is 13.2 Å². The number of benzene rings is 2. The Labute approximate surface area is 120 Å². The molecule has 1 aliphatic rings. The third-order valence-electron chi connectivity index (χ3n) is 4.07. The Bertz CT molecular complexity index is 549. The molecule has 3 rings (SSSR count). The molecule has 1 N–H and O–H groups in total. The highest BCUT2D eigenvalue weighted by Gasteiger charge is 2.34. The van der Waals surface area contributed by atoms with Gasteiger partial charge in [0.2, 0.25) is 0 Å². The lowest BCUT2D eigenvalue weighted by atomic mass is 9.98. The van der Waals surface area contributed by atoms with E-state index in [4.69, 9.17) is 4.74 Å². The zero-order valence-corrected chi connectivity index (χ0v) is 12.0. The van der Waals surface area contributed by atoms with Gasteiger partial charge in [-0.3, -0.25) is 0 Å². The highest BCUT2D eigenvalue weighted by Crippen LogP contribution is 2.34. The van der Waals surface area contributed by atoms with Gasteiger partial charge in [0.25, 0.3) is 0 Å². The van der Waals surface area contributed by atoms with E-state index in [2.05, 4.69) is 54.7 Å². The summed E-state index contributed by atoms with van der Waals surface area (Å²) in [6.45, 7) is 2.30. The van der Waals surface area contributed by atoms with Crippen LogP contribution in [0.25, 0.3) is 0 Å². The molecule has 3 atom stereocenters. The van der Waals surface area contributed by atoms with E-state index in [9.17, 15) is 0 Å². The van der Waals surface area contributed by atoms with Crippen molar-refractivity contribution in [3.8, 4) is 5.75 Å². The van der Waals surface area contributed by atoms with Crippen LogP contribution >= 0.6 is 0 Å². The van der Waals surface area contributed by atoms with E-state index in [1.54, 1.807) is 7.11 Å². The van der Waals surface area contributed by atoms with Crippen molar-refractivity contribution >= 4 is 0 Å². The lowest BCUT2D eigenvalue weighted by Crippen LogP contribution is -2.25. The number of rotatable bonds is 5. The van der Waals surface area contributed by atoms with E-state index in [1.807, 2.05) is 12.1 Å². The molecule has 0 bridgehead atoms. The Balaban J connectivity index is 1.87. The fraction of sp³-hybridized carbons (Fsp3) is 0.333. The molecule has 0 aliphatic heterocycles. The summed E-state index contributed by atoms with van der Waals surface area (Å²) in [7, 11) is 1.70. The second-order valence-electron chi connectivity index (χ2n) is 5.60. The monoisotopic (exact) mass is 267 g/mol. The van der Waals surface area contributed by atoms with Gasteiger partial charge in [-0.05, 0) is 35.6 Å². The van der Waals surface area contributed by atoms with E-state index in [0.717, 1.165) is 11.7 Å². The second-order valence-corrected chi connectivity index (χ2v) is 5.60. The van der Waals surface area contributed by atoms with Crippen LogP contribution in [0.2, 0.25) is 0 Å². The topological polar surface area (TPSA) is 21.3 Å². The van der Waals surface area contributed by atoms with E-state index in [-0.39, 0.29) is 6.04 Å². The lowest BCUT2D eigenvalue weighted by Gasteiger charge is -2.20. The maximum absolute atomic E-state index is 5.24. The van der Waals surface area contributed by atoms with Crippen molar-refractivity contribution in [2.75, 3.05) is 7.11 Å². The van der Waals surface area contributed by atoms with Crippen molar-refractivity contribution < 1.29 is 4.74 Å². The highest BCUT2D eigenvalue weighted by molar-refractivity contribution is 5.35. The zero-order chi connectivity index (χ0) is 13.9. The minimum Gasteiger partial charge on any atom is -0.497 e. The van der Waals surface area contributed by atoms with Crippen molar-refractivity contribution in [1.29, 1.82) is 0 Å². The van der Waals surface area contributed by atoms with Crippen LogP contribution < -0.4 is 10.1 Å². The summed E-state index contributed by atoms with van der Waals surface area (Å²) in [5.74, 6) is 1.69. The molecule has 0 amide bonds. The van der Waals surface area contributed by atoms with Crippen molar-refractivity contribution in [3.63, 3.8) is 0 Å². The summed E-state index contributed by atoms with van der Waals surface area (Å²) in [6, 6.07) is 19.9. The van der Waals surface area contributed by atoms with Crippen molar-refractivity contribution in [2.45, 2.75) is 25.4 Å². The number of ether oxygens (including phenoxy) is 1. The Morgan fingerprint density at radius 1 is 1.00 bits per heavy atom. The Kier molecular flexibility index (Phi) is 3.75. The van der Waals surface area contributed by atoms with Crippen molar-refractivity contribution in [2.24, 2.45) is 5.92 Å². The Morgan fingerprint density at radius 2 is 1.60 bits per heavy atom. The van der Waals surface area contributed by atoms with E-state index < -0.39 is 0 Å². The molecule has 0 aromatic heterocycles. The van der Waals surface area contributed by atoms with Gasteiger partial charge in [-0.15, -0.1) is 0 Å². The molecule has 0 saturated heterocycles. The van der Waals surface area contributed by atoms with E-state index in [1.165, 1.54) is 17.5 Å². The fourth-order valence-electron chi connectivity index (χ4n) is 2.60. The van der Waals surface area contributed by atoms with Crippen LogP contribution in [0.5, 0.6) is 5.75 Å². The Morgan fingerprint density at radius 3 is 2.15 bits per heavy atom. The van der Waals surface area contributed by atoms with E-state index in [0.29, 0.717) is 6.04 Å². The molecular formula is C18H21NO. The van der Waals surface area contributed by atoms with Crippen molar-refractivity contribution in [3.05, 3.63) is 65.7 Å². The molecule has 2 nitrogen and oxygen atoms in total. The van der Waals surface area contributed by atoms with Gasteiger partial charge in [0.1, 0.15) is 5.75 Å². The van der Waals surface area contributed by atoms with E-state index >= 15 is 0 Å². The summed E-state index contributed by atoms with van der Waals surface area (Å²) >= 11 is 0. The third-order valence-corrected chi connectivity index (χ3v) is 4.07. The van der Waals surface area contributed by atoms with Crippen LogP contribution in [0.15, 0.2) is 54.6 Å². The minimum atomic E-state index is 0.261. The minimum absolute atomic E-state index is 0.261. The normalized spacial score (nSPS) is 22.3. The summed E-state index contributed by atoms with van der Waals surface area (Å²) < 4.78 is 5.24. The number of hydrogen-bond acceptors (Lipinski definition) is 2. The molecular weight excluding hydrogens is 246 g/mol. The molecule has 1 aliphatic carbocycles. The fourth-order valence-corrected chi connectivity index (χ4v) is 2.60. The third kappa shape index (κ3) is 2.86. The number of nitrogens with one attached hydrogen (secondary N) is 1. The van der Waals surface area contributed by atoms with Gasteiger partial charge in [-0.25, -0.2) is 0 Å². The highest BCUT2D eigenvalue weighted by atomic mass is 16.5. The predicted molar refractivity (Wildman–Crippen MR) is 82.0 cm³/mol. The summed E-state index contributed by atoms with van der Waals surface area (Å²) in [4.78, 5) is 0. The molecule has 2 aromatic carbocycles. The quantitative estimate of drug-likeness (QED) is 0.890. The standard InChI is InChI=1S/C18H21NO/c1-13-12-17(13)19-18(14-6-4-3-5-7-14)15-8-10-16(20-2)11-9-15/h3-11,13,17-19H,12H2,1-2H3. The van der Waals surface area contributed by atoms with Gasteiger partial charge >= 0.3 is 0 Å². The van der Waals surface area contributed by atoms with Gasteiger partial charge in [0.15, 0.2) is 0 Å². The Hall–Kier alpha value is -1.80. The maximum atomic E-state index is 5.24. The second kappa shape index (κ2) is 5.68. The molecule has 1 fully saturated rings. The molecule has 1 saturated carbocycles. The van der Waals surface area contributed by atoms with Crippen LogP contribution in [-0.4, -0.2) is 13.2 Å². The van der Waals surface area contributed by atoms with Crippen molar-refractivity contribution in [1.82, 2.24) is 5.32 Å². The SMILES string of the molecule is COc1ccc(C(NC2CC2C)c2ccccc2)cc1. The largest absolute Gasteiger partial charge is 0.497 e. The number of hydrogen-bond donors (Lipinski definition) is 1. The number of methoxy groups -OCH3 is 1. The predicted octanol–water partition coefficient (Wildman–Crippen LogP) is 3.78. The summed E-state index contributed by atoms with van der Waals surface area (Å²) in [5.41, 5.74) is 2.60. The average Bonchev–Trinajstić information content (AvgIpc) is 3.21. The van der Waals surface area contributed by atoms with Crippen LogP contribution in [-0.2, 0) is 0 Å².